The molecule has 1 heterocycles. The quantitative estimate of drug-likeness (QED) is 0.548. The van der Waals surface area contributed by atoms with E-state index in [-0.39, 0.29) is 30.9 Å². The number of nitrogens with zero attached hydrogens (tertiary/aromatic N) is 1. The fourth-order valence-corrected chi connectivity index (χ4v) is 3.71. The summed E-state index contributed by atoms with van der Waals surface area (Å²) < 4.78 is 16.0. The number of amides is 1. The number of fused-ring (bicyclic) bond motifs is 1. The fourth-order valence-electron chi connectivity index (χ4n) is 3.71. The Kier molecular flexibility index (Phi) is 5.89. The van der Waals surface area contributed by atoms with Crippen molar-refractivity contribution in [2.75, 3.05) is 13.9 Å². The van der Waals surface area contributed by atoms with Crippen LogP contribution in [-0.4, -0.2) is 30.7 Å². The number of hydrogen-bond acceptors (Lipinski definition) is 5. The number of carbonyl (C=O) groups is 2. The standard InChI is InChI=1S/C25H23NO5/c1-17(18-9-4-3-5-10-18)26(15-19-11-8-14-22-23(19)31-16-30-22)24(27)20-12-6-7-13-21(20)25(28)29-2/h3-14,17H,15-16H2,1-2H3/t17-/m0/s1. The van der Waals surface area contributed by atoms with Crippen LogP contribution in [0.15, 0.2) is 72.8 Å². The smallest absolute Gasteiger partial charge is 0.338 e. The second-order valence-electron chi connectivity index (χ2n) is 7.21. The predicted octanol–water partition coefficient (Wildman–Crippen LogP) is 4.61. The molecule has 1 aliphatic rings. The molecule has 0 aliphatic carbocycles. The van der Waals surface area contributed by atoms with Gasteiger partial charge in [0.2, 0.25) is 6.79 Å². The normalized spacial score (nSPS) is 12.8. The summed E-state index contributed by atoms with van der Waals surface area (Å²) in [7, 11) is 1.30. The Morgan fingerprint density at radius 1 is 0.935 bits per heavy atom. The Balaban J connectivity index is 1.76. The molecule has 1 atom stereocenters. The van der Waals surface area contributed by atoms with E-state index in [0.29, 0.717) is 17.1 Å². The Hall–Kier alpha value is -3.80. The van der Waals surface area contributed by atoms with Crippen molar-refractivity contribution in [1.82, 2.24) is 4.90 Å². The highest BCUT2D eigenvalue weighted by Gasteiger charge is 2.29. The third-order valence-electron chi connectivity index (χ3n) is 5.39. The maximum absolute atomic E-state index is 13.8. The van der Waals surface area contributed by atoms with Crippen LogP contribution in [0.2, 0.25) is 0 Å². The molecule has 0 saturated heterocycles. The van der Waals surface area contributed by atoms with Gasteiger partial charge in [0.1, 0.15) is 0 Å². The SMILES string of the molecule is COC(=O)c1ccccc1C(=O)N(Cc1cccc2c1OCO2)[C@@H](C)c1ccccc1. The van der Waals surface area contributed by atoms with Gasteiger partial charge in [-0.25, -0.2) is 4.79 Å². The molecule has 0 fully saturated rings. The lowest BCUT2D eigenvalue weighted by Gasteiger charge is -2.30. The highest BCUT2D eigenvalue weighted by molar-refractivity contribution is 6.05. The van der Waals surface area contributed by atoms with E-state index in [2.05, 4.69) is 0 Å². The summed E-state index contributed by atoms with van der Waals surface area (Å²) in [5.74, 6) is 0.483. The minimum Gasteiger partial charge on any atom is -0.465 e. The molecule has 0 aromatic heterocycles. The number of methoxy groups -OCH3 is 1. The zero-order valence-corrected chi connectivity index (χ0v) is 17.4. The largest absolute Gasteiger partial charge is 0.465 e. The lowest BCUT2D eigenvalue weighted by atomic mass is 10.0. The number of hydrogen-bond donors (Lipinski definition) is 0. The summed E-state index contributed by atoms with van der Waals surface area (Å²) in [5, 5.41) is 0. The first-order valence-electron chi connectivity index (χ1n) is 10.0. The van der Waals surface area contributed by atoms with Gasteiger partial charge in [-0.3, -0.25) is 4.79 Å². The topological polar surface area (TPSA) is 65.1 Å². The molecule has 4 rings (SSSR count). The third kappa shape index (κ3) is 4.10. The first kappa shape index (κ1) is 20.5. The average Bonchev–Trinajstić information content (AvgIpc) is 3.31. The average molecular weight is 417 g/mol. The van der Waals surface area contributed by atoms with Crippen LogP contribution in [0.4, 0.5) is 0 Å². The maximum Gasteiger partial charge on any atom is 0.338 e. The summed E-state index contributed by atoms with van der Waals surface area (Å²) in [4.78, 5) is 27.8. The van der Waals surface area contributed by atoms with E-state index in [1.165, 1.54) is 7.11 Å². The number of carbonyl (C=O) groups excluding carboxylic acids is 2. The summed E-state index contributed by atoms with van der Waals surface area (Å²) in [6.45, 7) is 2.41. The number of ether oxygens (including phenoxy) is 3. The van der Waals surface area contributed by atoms with Crippen molar-refractivity contribution in [3.8, 4) is 11.5 Å². The molecule has 0 bridgehead atoms. The summed E-state index contributed by atoms with van der Waals surface area (Å²) in [5.41, 5.74) is 2.35. The lowest BCUT2D eigenvalue weighted by molar-refractivity contribution is 0.0580. The van der Waals surface area contributed by atoms with E-state index in [4.69, 9.17) is 14.2 Å². The van der Waals surface area contributed by atoms with Gasteiger partial charge >= 0.3 is 5.97 Å². The van der Waals surface area contributed by atoms with Gasteiger partial charge in [-0.2, -0.15) is 0 Å². The second-order valence-corrected chi connectivity index (χ2v) is 7.21. The molecule has 158 valence electrons. The molecule has 3 aromatic rings. The van der Waals surface area contributed by atoms with Crippen molar-refractivity contribution in [2.45, 2.75) is 19.5 Å². The number of benzene rings is 3. The predicted molar refractivity (Wildman–Crippen MR) is 115 cm³/mol. The van der Waals surface area contributed by atoms with Crippen LogP contribution in [0, 0.1) is 0 Å². The van der Waals surface area contributed by atoms with E-state index in [0.717, 1.165) is 11.1 Å². The van der Waals surface area contributed by atoms with Crippen LogP contribution >= 0.6 is 0 Å². The minimum absolute atomic E-state index is 0.152. The first-order chi connectivity index (χ1) is 15.1. The van der Waals surface area contributed by atoms with Gasteiger partial charge in [0.25, 0.3) is 5.91 Å². The monoisotopic (exact) mass is 417 g/mol. The Morgan fingerprint density at radius 2 is 1.65 bits per heavy atom. The van der Waals surface area contributed by atoms with Crippen LogP contribution in [-0.2, 0) is 11.3 Å². The highest BCUT2D eigenvalue weighted by Crippen LogP contribution is 2.37. The molecular formula is C25H23NO5. The lowest BCUT2D eigenvalue weighted by Crippen LogP contribution is -2.34. The van der Waals surface area contributed by atoms with Crippen molar-refractivity contribution in [3.63, 3.8) is 0 Å². The molecule has 1 amide bonds. The second kappa shape index (κ2) is 8.92. The zero-order chi connectivity index (χ0) is 21.8. The summed E-state index contributed by atoms with van der Waals surface area (Å²) >= 11 is 0. The molecular weight excluding hydrogens is 394 g/mol. The number of rotatable bonds is 6. The molecule has 3 aromatic carbocycles. The molecule has 0 N–H and O–H groups in total. The van der Waals surface area contributed by atoms with Gasteiger partial charge in [0, 0.05) is 5.56 Å². The molecule has 1 aliphatic heterocycles. The van der Waals surface area contributed by atoms with Crippen LogP contribution in [0.1, 0.15) is 44.8 Å². The van der Waals surface area contributed by atoms with Crippen molar-refractivity contribution in [3.05, 3.63) is 95.1 Å². The minimum atomic E-state index is -0.548. The van der Waals surface area contributed by atoms with Gasteiger partial charge in [-0.1, -0.05) is 54.6 Å². The molecule has 31 heavy (non-hydrogen) atoms. The van der Waals surface area contributed by atoms with E-state index in [1.54, 1.807) is 29.2 Å². The highest BCUT2D eigenvalue weighted by atomic mass is 16.7. The van der Waals surface area contributed by atoms with Crippen molar-refractivity contribution in [1.29, 1.82) is 0 Å². The number of esters is 1. The van der Waals surface area contributed by atoms with Gasteiger partial charge in [0.05, 0.1) is 30.8 Å². The van der Waals surface area contributed by atoms with Crippen LogP contribution < -0.4 is 9.47 Å². The molecule has 6 heteroatoms. The van der Waals surface area contributed by atoms with E-state index >= 15 is 0 Å². The Bertz CT molecular complexity index is 1100. The Morgan fingerprint density at radius 3 is 2.39 bits per heavy atom. The van der Waals surface area contributed by atoms with Crippen LogP contribution in [0.5, 0.6) is 11.5 Å². The zero-order valence-electron chi connectivity index (χ0n) is 17.4. The van der Waals surface area contributed by atoms with Gasteiger partial charge in [0.15, 0.2) is 11.5 Å². The molecule has 0 saturated carbocycles. The molecule has 0 spiro atoms. The summed E-state index contributed by atoms with van der Waals surface area (Å²) in [6, 6.07) is 21.8. The molecule has 0 radical (unpaired) electrons. The maximum atomic E-state index is 13.8. The van der Waals surface area contributed by atoms with Crippen molar-refractivity contribution in [2.24, 2.45) is 0 Å². The first-order valence-corrected chi connectivity index (χ1v) is 10.0. The Labute approximate surface area is 181 Å². The molecule has 0 unspecified atom stereocenters. The molecule has 6 nitrogen and oxygen atoms in total. The fraction of sp³-hybridized carbons (Fsp3) is 0.200. The van der Waals surface area contributed by atoms with E-state index in [1.807, 2.05) is 55.5 Å². The van der Waals surface area contributed by atoms with Crippen LogP contribution in [0.25, 0.3) is 0 Å². The van der Waals surface area contributed by atoms with E-state index < -0.39 is 5.97 Å². The van der Waals surface area contributed by atoms with Gasteiger partial charge < -0.3 is 19.1 Å². The number of para-hydroxylation sites is 1. The van der Waals surface area contributed by atoms with Crippen molar-refractivity contribution >= 4 is 11.9 Å². The summed E-state index contributed by atoms with van der Waals surface area (Å²) in [6.07, 6.45) is 0. The third-order valence-corrected chi connectivity index (χ3v) is 5.39. The van der Waals surface area contributed by atoms with Crippen LogP contribution in [0.3, 0.4) is 0 Å². The van der Waals surface area contributed by atoms with E-state index in [9.17, 15) is 9.59 Å². The van der Waals surface area contributed by atoms with Gasteiger partial charge in [-0.05, 0) is 30.7 Å². The van der Waals surface area contributed by atoms with Crippen molar-refractivity contribution < 1.29 is 23.8 Å². The van der Waals surface area contributed by atoms with Gasteiger partial charge in [-0.15, -0.1) is 0 Å².